The van der Waals surface area contributed by atoms with Crippen molar-refractivity contribution < 1.29 is 8.42 Å². The SMILES string of the molecule is CCNC(CCS(C)(=O)=O)c1ccc(C)cc1. The Morgan fingerprint density at radius 1 is 1.24 bits per heavy atom. The van der Waals surface area contributed by atoms with Crippen LogP contribution in [0.1, 0.15) is 30.5 Å². The first-order chi connectivity index (χ1) is 7.92. The number of rotatable bonds is 6. The summed E-state index contributed by atoms with van der Waals surface area (Å²) >= 11 is 0. The van der Waals surface area contributed by atoms with Crippen molar-refractivity contribution in [1.82, 2.24) is 5.32 Å². The van der Waals surface area contributed by atoms with Crippen LogP contribution in [-0.4, -0.2) is 27.0 Å². The van der Waals surface area contributed by atoms with Gasteiger partial charge in [0.05, 0.1) is 5.75 Å². The molecule has 1 atom stereocenters. The Morgan fingerprint density at radius 3 is 2.29 bits per heavy atom. The van der Waals surface area contributed by atoms with E-state index in [2.05, 4.69) is 29.6 Å². The van der Waals surface area contributed by atoms with Gasteiger partial charge in [0.25, 0.3) is 0 Å². The minimum Gasteiger partial charge on any atom is -0.310 e. The molecule has 0 aliphatic heterocycles. The zero-order chi connectivity index (χ0) is 12.9. The van der Waals surface area contributed by atoms with Gasteiger partial charge >= 0.3 is 0 Å². The Morgan fingerprint density at radius 2 is 1.82 bits per heavy atom. The maximum Gasteiger partial charge on any atom is 0.147 e. The Bertz CT molecular complexity index is 437. The van der Waals surface area contributed by atoms with Crippen LogP contribution in [0.4, 0.5) is 0 Å². The second-order valence-corrected chi connectivity index (χ2v) is 6.70. The first-order valence-corrected chi connectivity index (χ1v) is 7.96. The standard InChI is InChI=1S/C13H21NO2S/c1-4-14-13(9-10-17(3,15)16)12-7-5-11(2)6-8-12/h5-8,13-14H,4,9-10H2,1-3H3. The highest BCUT2D eigenvalue weighted by molar-refractivity contribution is 7.90. The molecule has 0 fully saturated rings. The number of hydrogen-bond donors (Lipinski definition) is 1. The normalized spacial score (nSPS) is 13.6. The molecule has 0 radical (unpaired) electrons. The molecule has 1 aromatic carbocycles. The summed E-state index contributed by atoms with van der Waals surface area (Å²) in [7, 11) is -2.89. The van der Waals surface area contributed by atoms with Crippen molar-refractivity contribution in [2.75, 3.05) is 18.6 Å². The summed E-state index contributed by atoms with van der Waals surface area (Å²) in [5.41, 5.74) is 2.37. The second kappa shape index (κ2) is 6.17. The van der Waals surface area contributed by atoms with Crippen molar-refractivity contribution in [3.05, 3.63) is 35.4 Å². The molecule has 1 unspecified atom stereocenters. The number of benzene rings is 1. The largest absolute Gasteiger partial charge is 0.310 e. The van der Waals surface area contributed by atoms with Crippen molar-refractivity contribution in [3.8, 4) is 0 Å². The molecule has 3 nitrogen and oxygen atoms in total. The summed E-state index contributed by atoms with van der Waals surface area (Å²) in [6, 6.07) is 8.35. The van der Waals surface area contributed by atoms with E-state index in [1.54, 1.807) is 0 Å². The van der Waals surface area contributed by atoms with Crippen molar-refractivity contribution in [1.29, 1.82) is 0 Å². The van der Waals surface area contributed by atoms with Gasteiger partial charge in [-0.2, -0.15) is 0 Å². The lowest BCUT2D eigenvalue weighted by atomic mass is 10.0. The summed E-state index contributed by atoms with van der Waals surface area (Å²) in [5.74, 6) is 0.221. The lowest BCUT2D eigenvalue weighted by Crippen LogP contribution is -2.23. The van der Waals surface area contributed by atoms with Gasteiger partial charge in [-0.15, -0.1) is 0 Å². The second-order valence-electron chi connectivity index (χ2n) is 4.44. The molecule has 96 valence electrons. The average molecular weight is 255 g/mol. The summed E-state index contributed by atoms with van der Waals surface area (Å²) in [4.78, 5) is 0. The van der Waals surface area contributed by atoms with Crippen LogP contribution in [0.25, 0.3) is 0 Å². The molecule has 0 aliphatic rings. The Labute approximate surface area is 104 Å². The van der Waals surface area contributed by atoms with E-state index >= 15 is 0 Å². The summed E-state index contributed by atoms with van der Waals surface area (Å²) in [6.07, 6.45) is 1.90. The van der Waals surface area contributed by atoms with E-state index < -0.39 is 9.84 Å². The van der Waals surface area contributed by atoms with Crippen LogP contribution in [0.2, 0.25) is 0 Å². The van der Waals surface area contributed by atoms with Crippen LogP contribution in [0.15, 0.2) is 24.3 Å². The van der Waals surface area contributed by atoms with Gasteiger partial charge in [0.15, 0.2) is 0 Å². The number of nitrogens with one attached hydrogen (secondary N) is 1. The van der Waals surface area contributed by atoms with E-state index in [4.69, 9.17) is 0 Å². The fourth-order valence-corrected chi connectivity index (χ4v) is 2.43. The van der Waals surface area contributed by atoms with Gasteiger partial charge in [-0.3, -0.25) is 0 Å². The van der Waals surface area contributed by atoms with Crippen LogP contribution in [0, 0.1) is 6.92 Å². The average Bonchev–Trinajstić information content (AvgIpc) is 2.24. The van der Waals surface area contributed by atoms with Crippen LogP contribution < -0.4 is 5.32 Å². The van der Waals surface area contributed by atoms with Gasteiger partial charge in [-0.25, -0.2) is 8.42 Å². The quantitative estimate of drug-likeness (QED) is 0.846. The molecule has 0 bridgehead atoms. The van der Waals surface area contributed by atoms with Crippen molar-refractivity contribution in [2.45, 2.75) is 26.3 Å². The van der Waals surface area contributed by atoms with Gasteiger partial charge in [0, 0.05) is 12.3 Å². The molecule has 4 heteroatoms. The van der Waals surface area contributed by atoms with Crippen LogP contribution in [0.5, 0.6) is 0 Å². The number of aryl methyl sites for hydroxylation is 1. The van der Waals surface area contributed by atoms with Crippen LogP contribution in [-0.2, 0) is 9.84 Å². The fourth-order valence-electron chi connectivity index (χ4n) is 1.76. The van der Waals surface area contributed by atoms with Gasteiger partial charge in [0.2, 0.25) is 0 Å². The van der Waals surface area contributed by atoms with Gasteiger partial charge in [-0.1, -0.05) is 36.8 Å². The number of hydrogen-bond acceptors (Lipinski definition) is 3. The fraction of sp³-hybridized carbons (Fsp3) is 0.538. The van der Waals surface area contributed by atoms with Crippen LogP contribution >= 0.6 is 0 Å². The first kappa shape index (κ1) is 14.2. The third-order valence-electron chi connectivity index (χ3n) is 2.71. The molecule has 0 spiro atoms. The third-order valence-corrected chi connectivity index (χ3v) is 3.68. The molecule has 0 amide bonds. The maximum absolute atomic E-state index is 11.2. The first-order valence-electron chi connectivity index (χ1n) is 5.90. The van der Waals surface area contributed by atoms with E-state index in [-0.39, 0.29) is 11.8 Å². The molecule has 0 aromatic heterocycles. The molecule has 0 heterocycles. The molecular weight excluding hydrogens is 234 g/mol. The van der Waals surface area contributed by atoms with Gasteiger partial charge in [-0.05, 0) is 25.5 Å². The maximum atomic E-state index is 11.2. The predicted molar refractivity (Wildman–Crippen MR) is 71.9 cm³/mol. The van der Waals surface area contributed by atoms with Crippen molar-refractivity contribution in [2.24, 2.45) is 0 Å². The monoisotopic (exact) mass is 255 g/mol. The Kier molecular flexibility index (Phi) is 5.15. The lowest BCUT2D eigenvalue weighted by molar-refractivity contribution is 0.530. The molecule has 1 N–H and O–H groups in total. The van der Waals surface area contributed by atoms with Gasteiger partial charge in [0.1, 0.15) is 9.84 Å². The molecule has 1 rings (SSSR count). The highest BCUT2D eigenvalue weighted by atomic mass is 32.2. The van der Waals surface area contributed by atoms with Crippen molar-refractivity contribution in [3.63, 3.8) is 0 Å². The van der Waals surface area contributed by atoms with E-state index in [1.165, 1.54) is 11.8 Å². The van der Waals surface area contributed by atoms with Crippen LogP contribution in [0.3, 0.4) is 0 Å². The lowest BCUT2D eigenvalue weighted by Gasteiger charge is -2.18. The highest BCUT2D eigenvalue weighted by Gasteiger charge is 2.13. The summed E-state index contributed by atoms with van der Waals surface area (Å²) in [5, 5.41) is 3.33. The highest BCUT2D eigenvalue weighted by Crippen LogP contribution is 2.18. The van der Waals surface area contributed by atoms with E-state index in [1.807, 2.05) is 13.8 Å². The Hall–Kier alpha value is -0.870. The number of sulfone groups is 1. The molecule has 1 aromatic rings. The molecule has 0 saturated heterocycles. The Balaban J connectivity index is 2.75. The van der Waals surface area contributed by atoms with E-state index in [0.29, 0.717) is 6.42 Å². The zero-order valence-corrected chi connectivity index (χ0v) is 11.5. The zero-order valence-electron chi connectivity index (χ0n) is 10.7. The smallest absolute Gasteiger partial charge is 0.147 e. The molecule has 0 saturated carbocycles. The van der Waals surface area contributed by atoms with E-state index in [9.17, 15) is 8.42 Å². The topological polar surface area (TPSA) is 46.2 Å². The third kappa shape index (κ3) is 5.33. The minimum atomic E-state index is -2.89. The van der Waals surface area contributed by atoms with E-state index in [0.717, 1.165) is 12.1 Å². The summed E-state index contributed by atoms with van der Waals surface area (Å²) < 4.78 is 22.4. The van der Waals surface area contributed by atoms with Crippen molar-refractivity contribution >= 4 is 9.84 Å². The van der Waals surface area contributed by atoms with Gasteiger partial charge < -0.3 is 5.32 Å². The summed E-state index contributed by atoms with van der Waals surface area (Å²) in [6.45, 7) is 4.91. The molecule has 17 heavy (non-hydrogen) atoms. The minimum absolute atomic E-state index is 0.121. The molecular formula is C13H21NO2S. The molecule has 0 aliphatic carbocycles. The predicted octanol–water partition coefficient (Wildman–Crippen LogP) is 2.08.